The summed E-state index contributed by atoms with van der Waals surface area (Å²) in [6.07, 6.45) is 5.22. The van der Waals surface area contributed by atoms with Crippen molar-refractivity contribution in [2.24, 2.45) is 5.92 Å². The molecule has 0 N–H and O–H groups in total. The monoisotopic (exact) mass is 253 g/mol. The Balaban J connectivity index is 1.91. The first-order chi connectivity index (χ1) is 8.65. The Labute approximate surface area is 109 Å². The highest BCUT2D eigenvalue weighted by molar-refractivity contribution is 5.76. The Hall–Kier alpha value is -0.870. The van der Waals surface area contributed by atoms with Gasteiger partial charge < -0.3 is 14.4 Å². The number of hydrogen-bond donors (Lipinski definition) is 0. The SMILES string of the molecule is C=CCCC(=O)N1CCC[C@H](C2(C)OCCO2)C1. The number of amides is 1. The minimum atomic E-state index is -0.489. The second-order valence-electron chi connectivity index (χ2n) is 5.22. The highest BCUT2D eigenvalue weighted by Crippen LogP contribution is 2.34. The van der Waals surface area contributed by atoms with Crippen LogP contribution in [-0.2, 0) is 14.3 Å². The molecular formula is C14H23NO3. The molecule has 2 aliphatic rings. The summed E-state index contributed by atoms with van der Waals surface area (Å²) >= 11 is 0. The minimum Gasteiger partial charge on any atom is -0.347 e. The number of ether oxygens (including phenoxy) is 2. The van der Waals surface area contributed by atoms with E-state index >= 15 is 0 Å². The van der Waals surface area contributed by atoms with Crippen LogP contribution in [0.15, 0.2) is 12.7 Å². The topological polar surface area (TPSA) is 38.8 Å². The second-order valence-corrected chi connectivity index (χ2v) is 5.22. The molecule has 0 radical (unpaired) electrons. The molecule has 0 aromatic rings. The molecule has 1 atom stereocenters. The van der Waals surface area contributed by atoms with Crippen LogP contribution in [0, 0.1) is 5.92 Å². The molecule has 0 bridgehead atoms. The third-order valence-electron chi connectivity index (χ3n) is 3.94. The van der Waals surface area contributed by atoms with Gasteiger partial charge in [0.1, 0.15) is 0 Å². The quantitative estimate of drug-likeness (QED) is 0.719. The lowest BCUT2D eigenvalue weighted by Crippen LogP contribution is -2.48. The smallest absolute Gasteiger partial charge is 0.222 e. The van der Waals surface area contributed by atoms with Crippen LogP contribution < -0.4 is 0 Å². The first-order valence-corrected chi connectivity index (χ1v) is 6.82. The number of piperidine rings is 1. The minimum absolute atomic E-state index is 0.223. The van der Waals surface area contributed by atoms with Gasteiger partial charge in [-0.1, -0.05) is 6.08 Å². The summed E-state index contributed by atoms with van der Waals surface area (Å²) in [4.78, 5) is 14.0. The molecule has 0 spiro atoms. The van der Waals surface area contributed by atoms with Crippen molar-refractivity contribution in [3.05, 3.63) is 12.7 Å². The van der Waals surface area contributed by atoms with E-state index in [1.165, 1.54) is 0 Å². The van der Waals surface area contributed by atoms with Crippen molar-refractivity contribution in [2.45, 2.75) is 38.4 Å². The molecule has 0 aromatic heterocycles. The van der Waals surface area contributed by atoms with E-state index in [1.54, 1.807) is 6.08 Å². The van der Waals surface area contributed by atoms with E-state index in [-0.39, 0.29) is 5.91 Å². The summed E-state index contributed by atoms with van der Waals surface area (Å²) < 4.78 is 11.4. The molecule has 2 aliphatic heterocycles. The number of likely N-dealkylation sites (tertiary alicyclic amines) is 1. The van der Waals surface area contributed by atoms with E-state index < -0.39 is 5.79 Å². The molecule has 102 valence electrons. The van der Waals surface area contributed by atoms with Crippen molar-refractivity contribution in [1.29, 1.82) is 0 Å². The summed E-state index contributed by atoms with van der Waals surface area (Å²) in [7, 11) is 0. The van der Waals surface area contributed by atoms with Crippen molar-refractivity contribution < 1.29 is 14.3 Å². The number of allylic oxidation sites excluding steroid dienone is 1. The van der Waals surface area contributed by atoms with E-state index in [2.05, 4.69) is 6.58 Å². The zero-order valence-corrected chi connectivity index (χ0v) is 11.2. The van der Waals surface area contributed by atoms with Gasteiger partial charge in [-0.3, -0.25) is 4.79 Å². The van der Waals surface area contributed by atoms with Crippen LogP contribution in [0.2, 0.25) is 0 Å². The van der Waals surface area contributed by atoms with E-state index in [9.17, 15) is 4.79 Å². The number of rotatable bonds is 4. The summed E-state index contributed by atoms with van der Waals surface area (Å²) in [5, 5.41) is 0. The van der Waals surface area contributed by atoms with Gasteiger partial charge in [-0.15, -0.1) is 6.58 Å². The third-order valence-corrected chi connectivity index (χ3v) is 3.94. The fourth-order valence-electron chi connectivity index (χ4n) is 2.78. The predicted molar refractivity (Wildman–Crippen MR) is 69.0 cm³/mol. The fraction of sp³-hybridized carbons (Fsp3) is 0.786. The van der Waals surface area contributed by atoms with Gasteiger partial charge >= 0.3 is 0 Å². The predicted octanol–water partition coefficient (Wildman–Crippen LogP) is 1.95. The Morgan fingerprint density at radius 3 is 2.89 bits per heavy atom. The van der Waals surface area contributed by atoms with Crippen molar-refractivity contribution in [3.8, 4) is 0 Å². The second kappa shape index (κ2) is 5.85. The van der Waals surface area contributed by atoms with Gasteiger partial charge in [0.2, 0.25) is 5.91 Å². The van der Waals surface area contributed by atoms with Crippen LogP contribution in [0.25, 0.3) is 0 Å². The Kier molecular flexibility index (Phi) is 4.40. The molecule has 4 heteroatoms. The normalized spacial score (nSPS) is 27.2. The first-order valence-electron chi connectivity index (χ1n) is 6.82. The van der Waals surface area contributed by atoms with E-state index in [0.717, 1.165) is 32.4 Å². The van der Waals surface area contributed by atoms with Gasteiger partial charge in [0.15, 0.2) is 5.79 Å². The molecular weight excluding hydrogens is 230 g/mol. The van der Waals surface area contributed by atoms with Gasteiger partial charge in [-0.05, 0) is 26.2 Å². The van der Waals surface area contributed by atoms with Crippen LogP contribution >= 0.6 is 0 Å². The summed E-state index contributed by atoms with van der Waals surface area (Å²) in [6, 6.07) is 0. The maximum absolute atomic E-state index is 12.0. The van der Waals surface area contributed by atoms with Crippen molar-refractivity contribution in [2.75, 3.05) is 26.3 Å². The molecule has 4 nitrogen and oxygen atoms in total. The summed E-state index contributed by atoms with van der Waals surface area (Å²) in [5.74, 6) is 0.0276. The zero-order valence-electron chi connectivity index (χ0n) is 11.2. The standard InChI is InChI=1S/C14H23NO3/c1-3-4-7-13(16)15-8-5-6-12(11-15)14(2)17-9-10-18-14/h3,12H,1,4-11H2,2H3/t12-/m0/s1. The van der Waals surface area contributed by atoms with Gasteiger partial charge in [0, 0.05) is 25.4 Å². The zero-order chi connectivity index (χ0) is 13.0. The van der Waals surface area contributed by atoms with Crippen LogP contribution in [0.4, 0.5) is 0 Å². The molecule has 2 fully saturated rings. The van der Waals surface area contributed by atoms with Gasteiger partial charge in [0.05, 0.1) is 13.2 Å². The molecule has 2 rings (SSSR count). The van der Waals surface area contributed by atoms with Gasteiger partial charge in [0.25, 0.3) is 0 Å². The molecule has 2 heterocycles. The largest absolute Gasteiger partial charge is 0.347 e. The summed E-state index contributed by atoms with van der Waals surface area (Å²) in [6.45, 7) is 8.61. The van der Waals surface area contributed by atoms with Crippen LogP contribution in [0.1, 0.15) is 32.6 Å². The molecule has 1 amide bonds. The molecule has 0 aliphatic carbocycles. The highest BCUT2D eigenvalue weighted by atomic mass is 16.7. The molecule has 18 heavy (non-hydrogen) atoms. The number of carbonyl (C=O) groups excluding carboxylic acids is 1. The highest BCUT2D eigenvalue weighted by Gasteiger charge is 2.42. The van der Waals surface area contributed by atoms with Crippen molar-refractivity contribution in [3.63, 3.8) is 0 Å². The van der Waals surface area contributed by atoms with Crippen molar-refractivity contribution >= 4 is 5.91 Å². The Morgan fingerprint density at radius 2 is 2.22 bits per heavy atom. The number of carbonyl (C=O) groups is 1. The van der Waals surface area contributed by atoms with Gasteiger partial charge in [-0.25, -0.2) is 0 Å². The van der Waals surface area contributed by atoms with Crippen molar-refractivity contribution in [1.82, 2.24) is 4.90 Å². The van der Waals surface area contributed by atoms with Crippen LogP contribution in [0.5, 0.6) is 0 Å². The van der Waals surface area contributed by atoms with Crippen LogP contribution in [0.3, 0.4) is 0 Å². The van der Waals surface area contributed by atoms with E-state index in [4.69, 9.17) is 9.47 Å². The number of nitrogens with zero attached hydrogens (tertiary/aromatic N) is 1. The lowest BCUT2D eigenvalue weighted by atomic mass is 9.90. The van der Waals surface area contributed by atoms with Gasteiger partial charge in [-0.2, -0.15) is 0 Å². The lowest BCUT2D eigenvalue weighted by Gasteiger charge is -2.40. The van der Waals surface area contributed by atoms with Crippen LogP contribution in [-0.4, -0.2) is 42.9 Å². The molecule has 0 aromatic carbocycles. The fourth-order valence-corrected chi connectivity index (χ4v) is 2.78. The maximum Gasteiger partial charge on any atom is 0.222 e. The molecule has 0 unspecified atom stereocenters. The third kappa shape index (κ3) is 2.93. The molecule has 0 saturated carbocycles. The Bertz CT molecular complexity index is 310. The maximum atomic E-state index is 12.0. The van der Waals surface area contributed by atoms with E-state index in [1.807, 2.05) is 11.8 Å². The molecule has 2 saturated heterocycles. The average Bonchev–Trinajstić information content (AvgIpc) is 2.84. The first kappa shape index (κ1) is 13.6. The Morgan fingerprint density at radius 1 is 1.50 bits per heavy atom. The number of hydrogen-bond acceptors (Lipinski definition) is 3. The lowest BCUT2D eigenvalue weighted by molar-refractivity contribution is -0.193. The van der Waals surface area contributed by atoms with E-state index in [0.29, 0.717) is 25.6 Å². The summed E-state index contributed by atoms with van der Waals surface area (Å²) in [5.41, 5.74) is 0. The average molecular weight is 253 g/mol.